The molecular weight excluding hydrogens is 288 g/mol. The maximum absolute atomic E-state index is 11.9. The zero-order valence-electron chi connectivity index (χ0n) is 14.6. The van der Waals surface area contributed by atoms with Crippen LogP contribution in [0.1, 0.15) is 59.3 Å². The van der Waals surface area contributed by atoms with Gasteiger partial charge in [-0.2, -0.15) is 0 Å². The first-order valence-electron chi connectivity index (χ1n) is 8.79. The van der Waals surface area contributed by atoms with Crippen molar-refractivity contribution in [2.75, 3.05) is 0 Å². The van der Waals surface area contributed by atoms with Gasteiger partial charge < -0.3 is 9.47 Å². The zero-order valence-corrected chi connectivity index (χ0v) is 14.6. The molecule has 0 aromatic heterocycles. The Morgan fingerprint density at radius 3 is 2.74 bits per heavy atom. The van der Waals surface area contributed by atoms with E-state index >= 15 is 0 Å². The van der Waals surface area contributed by atoms with Crippen LogP contribution in [0.5, 0.6) is 0 Å². The summed E-state index contributed by atoms with van der Waals surface area (Å²) in [7, 11) is 0. The fourth-order valence-corrected chi connectivity index (χ4v) is 3.81. The predicted octanol–water partition coefficient (Wildman–Crippen LogP) is 4.49. The van der Waals surface area contributed by atoms with Crippen LogP contribution in [0.3, 0.4) is 0 Å². The minimum atomic E-state index is -0.229. The lowest BCUT2D eigenvalue weighted by Crippen LogP contribution is -2.15. The van der Waals surface area contributed by atoms with Crippen molar-refractivity contribution in [1.29, 1.82) is 0 Å². The third-order valence-electron chi connectivity index (χ3n) is 5.62. The first kappa shape index (κ1) is 16.5. The van der Waals surface area contributed by atoms with E-state index < -0.39 is 0 Å². The molecule has 0 spiro atoms. The van der Waals surface area contributed by atoms with E-state index in [9.17, 15) is 4.79 Å². The second-order valence-corrected chi connectivity index (χ2v) is 7.60. The Bertz CT molecular complexity index is 571. The van der Waals surface area contributed by atoms with Crippen molar-refractivity contribution in [2.24, 2.45) is 5.92 Å². The number of hydrogen-bond donors (Lipinski definition) is 0. The Hall–Kier alpha value is -1.35. The van der Waals surface area contributed by atoms with Crippen LogP contribution in [-0.4, -0.2) is 23.8 Å². The molecule has 2 heterocycles. The smallest absolute Gasteiger partial charge is 0.334 e. The molecule has 23 heavy (non-hydrogen) atoms. The van der Waals surface area contributed by atoms with Gasteiger partial charge in [0.1, 0.15) is 6.10 Å². The van der Waals surface area contributed by atoms with E-state index in [0.717, 1.165) is 38.5 Å². The Kier molecular flexibility index (Phi) is 4.50. The fraction of sp³-hybridized carbons (Fsp3) is 0.650. The van der Waals surface area contributed by atoms with Crippen molar-refractivity contribution in [3.63, 3.8) is 0 Å². The lowest BCUT2D eigenvalue weighted by atomic mass is 9.88. The Morgan fingerprint density at radius 2 is 1.96 bits per heavy atom. The maximum Gasteiger partial charge on any atom is 0.334 e. The first-order valence-corrected chi connectivity index (χ1v) is 8.79. The van der Waals surface area contributed by atoms with Crippen molar-refractivity contribution in [2.45, 2.75) is 77.1 Å². The summed E-state index contributed by atoms with van der Waals surface area (Å²) in [5, 5.41) is 0. The molecule has 3 nitrogen and oxygen atoms in total. The largest absolute Gasteiger partial charge is 0.454 e. The molecule has 2 aliphatic heterocycles. The molecule has 0 aromatic carbocycles. The van der Waals surface area contributed by atoms with Gasteiger partial charge in [0.25, 0.3) is 0 Å². The van der Waals surface area contributed by atoms with E-state index in [4.69, 9.17) is 9.47 Å². The Labute approximate surface area is 139 Å². The van der Waals surface area contributed by atoms with Gasteiger partial charge in [-0.1, -0.05) is 23.8 Å². The van der Waals surface area contributed by atoms with Gasteiger partial charge >= 0.3 is 5.97 Å². The second-order valence-electron chi connectivity index (χ2n) is 7.60. The fourth-order valence-electron chi connectivity index (χ4n) is 3.81. The van der Waals surface area contributed by atoms with Gasteiger partial charge in [-0.25, -0.2) is 4.79 Å². The standard InChI is InChI=1S/C20H28O3/c1-13-6-5-11-20(4)18(23-20)10-8-14(2)12-17-16(9-7-13)15(3)19(21)22-17/h6,12,16-18H,3,5,7-11H2,1-2,4H3/b13-6+,14-12+/t16-,17+,18+,20+/m0/s1. The summed E-state index contributed by atoms with van der Waals surface area (Å²) in [6.07, 6.45) is 10.8. The predicted molar refractivity (Wildman–Crippen MR) is 91.0 cm³/mol. The molecule has 126 valence electrons. The summed E-state index contributed by atoms with van der Waals surface area (Å²) in [6, 6.07) is 0. The lowest BCUT2D eigenvalue weighted by molar-refractivity contribution is -0.137. The number of carbonyl (C=O) groups is 1. The van der Waals surface area contributed by atoms with E-state index in [0.29, 0.717) is 11.7 Å². The van der Waals surface area contributed by atoms with E-state index in [1.807, 2.05) is 0 Å². The summed E-state index contributed by atoms with van der Waals surface area (Å²) in [4.78, 5) is 11.9. The first-order chi connectivity index (χ1) is 10.9. The average Bonchev–Trinajstić information content (AvgIpc) is 3.06. The minimum absolute atomic E-state index is 0.0673. The van der Waals surface area contributed by atoms with Gasteiger partial charge in [0.15, 0.2) is 0 Å². The summed E-state index contributed by atoms with van der Waals surface area (Å²) in [5.74, 6) is -0.112. The number of ether oxygens (including phenoxy) is 2. The molecule has 0 bridgehead atoms. The number of rotatable bonds is 0. The van der Waals surface area contributed by atoms with Crippen LogP contribution in [0.25, 0.3) is 0 Å². The van der Waals surface area contributed by atoms with Crippen LogP contribution in [0.4, 0.5) is 0 Å². The van der Waals surface area contributed by atoms with Crippen molar-refractivity contribution in [3.05, 3.63) is 35.5 Å². The van der Waals surface area contributed by atoms with E-state index in [-0.39, 0.29) is 23.6 Å². The van der Waals surface area contributed by atoms with Gasteiger partial charge in [0.2, 0.25) is 0 Å². The molecule has 4 atom stereocenters. The number of esters is 1. The van der Waals surface area contributed by atoms with Crippen LogP contribution in [0.15, 0.2) is 35.5 Å². The van der Waals surface area contributed by atoms with Crippen LogP contribution in [0, 0.1) is 5.92 Å². The highest BCUT2D eigenvalue weighted by Gasteiger charge is 2.50. The molecule has 3 rings (SSSR count). The Morgan fingerprint density at radius 1 is 1.22 bits per heavy atom. The highest BCUT2D eigenvalue weighted by atomic mass is 16.6. The number of epoxide rings is 1. The third kappa shape index (κ3) is 3.60. The van der Waals surface area contributed by atoms with Gasteiger partial charge in [-0.3, -0.25) is 0 Å². The number of carbonyl (C=O) groups excluding carboxylic acids is 1. The summed E-state index contributed by atoms with van der Waals surface area (Å²) in [5.41, 5.74) is 3.37. The van der Waals surface area contributed by atoms with Gasteiger partial charge in [-0.05, 0) is 65.4 Å². The minimum Gasteiger partial charge on any atom is -0.454 e. The van der Waals surface area contributed by atoms with Crippen molar-refractivity contribution in [1.82, 2.24) is 0 Å². The zero-order chi connectivity index (χ0) is 16.6. The summed E-state index contributed by atoms with van der Waals surface area (Å²) in [6.45, 7) is 10.5. The summed E-state index contributed by atoms with van der Waals surface area (Å²) >= 11 is 0. The van der Waals surface area contributed by atoms with Crippen LogP contribution in [-0.2, 0) is 14.3 Å². The van der Waals surface area contributed by atoms with E-state index in [1.165, 1.54) is 11.1 Å². The highest BCUT2D eigenvalue weighted by molar-refractivity contribution is 5.91. The molecule has 0 N–H and O–H groups in total. The van der Waals surface area contributed by atoms with Crippen molar-refractivity contribution >= 4 is 5.97 Å². The van der Waals surface area contributed by atoms with Gasteiger partial charge in [-0.15, -0.1) is 0 Å². The average molecular weight is 316 g/mol. The van der Waals surface area contributed by atoms with Crippen LogP contribution in [0.2, 0.25) is 0 Å². The normalized spacial score (nSPS) is 43.2. The second kappa shape index (κ2) is 6.27. The quantitative estimate of drug-likeness (QED) is 0.286. The molecule has 0 radical (unpaired) electrons. The molecule has 3 heteroatoms. The number of hydrogen-bond acceptors (Lipinski definition) is 3. The van der Waals surface area contributed by atoms with Crippen LogP contribution >= 0.6 is 0 Å². The monoisotopic (exact) mass is 316 g/mol. The van der Waals surface area contributed by atoms with E-state index in [2.05, 4.69) is 39.5 Å². The van der Waals surface area contributed by atoms with Crippen LogP contribution < -0.4 is 0 Å². The molecule has 3 aliphatic rings. The molecule has 0 aromatic rings. The van der Waals surface area contributed by atoms with Crippen molar-refractivity contribution in [3.8, 4) is 0 Å². The number of fused-ring (bicyclic) bond motifs is 2. The molecule has 0 saturated carbocycles. The molecule has 2 saturated heterocycles. The van der Waals surface area contributed by atoms with Gasteiger partial charge in [0, 0.05) is 11.5 Å². The Balaban J connectivity index is 1.77. The van der Waals surface area contributed by atoms with E-state index in [1.54, 1.807) is 0 Å². The summed E-state index contributed by atoms with van der Waals surface area (Å²) < 4.78 is 11.5. The van der Waals surface area contributed by atoms with Gasteiger partial charge in [0.05, 0.1) is 11.7 Å². The maximum atomic E-state index is 11.9. The molecule has 0 amide bonds. The lowest BCUT2D eigenvalue weighted by Gasteiger charge is -2.16. The topological polar surface area (TPSA) is 38.8 Å². The molecular formula is C20H28O3. The third-order valence-corrected chi connectivity index (χ3v) is 5.62. The molecule has 0 unspecified atom stereocenters. The number of allylic oxidation sites excluding steroid dienone is 3. The highest BCUT2D eigenvalue weighted by Crippen LogP contribution is 2.44. The SMILES string of the molecule is C=C1C(=O)O[C@@H]2/C=C(\C)CC[C@H]3O[C@]3(C)CC/C=C(\C)CC[C@@H]12. The molecule has 2 fully saturated rings. The molecule has 1 aliphatic carbocycles. The van der Waals surface area contributed by atoms with Crippen molar-refractivity contribution < 1.29 is 14.3 Å².